The molecule has 1 aromatic carbocycles. The first-order chi connectivity index (χ1) is 13.1. The Bertz CT molecular complexity index is 595. The molecule has 8 heteroatoms. The lowest BCUT2D eigenvalue weighted by molar-refractivity contribution is 0.0793. The Balaban J connectivity index is 0.00000392. The van der Waals surface area contributed by atoms with Crippen molar-refractivity contribution in [3.05, 3.63) is 30.1 Å². The molecule has 160 valence electrons. The summed E-state index contributed by atoms with van der Waals surface area (Å²) in [5, 5.41) is 3.35. The zero-order valence-corrected chi connectivity index (χ0v) is 20.2. The van der Waals surface area contributed by atoms with Crippen LogP contribution in [0.4, 0.5) is 4.39 Å². The molecule has 1 aromatic rings. The number of thioether (sulfide) groups is 1. The molecule has 0 atom stereocenters. The van der Waals surface area contributed by atoms with E-state index in [4.69, 9.17) is 14.5 Å². The number of halogens is 2. The topological polar surface area (TPSA) is 46.1 Å². The van der Waals surface area contributed by atoms with Gasteiger partial charge in [-0.3, -0.25) is 4.99 Å². The van der Waals surface area contributed by atoms with Crippen LogP contribution in [-0.2, 0) is 4.74 Å². The Morgan fingerprint density at radius 3 is 2.68 bits per heavy atom. The van der Waals surface area contributed by atoms with E-state index >= 15 is 0 Å². The van der Waals surface area contributed by atoms with Gasteiger partial charge in [0.2, 0.25) is 0 Å². The highest BCUT2D eigenvalue weighted by atomic mass is 127. The number of guanidine groups is 1. The van der Waals surface area contributed by atoms with Gasteiger partial charge in [0.1, 0.15) is 6.61 Å². The van der Waals surface area contributed by atoms with Crippen LogP contribution in [0, 0.1) is 5.82 Å². The summed E-state index contributed by atoms with van der Waals surface area (Å²) < 4.78 is 24.9. The van der Waals surface area contributed by atoms with Gasteiger partial charge >= 0.3 is 0 Å². The zero-order valence-electron chi connectivity index (χ0n) is 17.1. The van der Waals surface area contributed by atoms with Gasteiger partial charge in [0.15, 0.2) is 17.5 Å². The lowest BCUT2D eigenvalue weighted by Gasteiger charge is -2.35. The van der Waals surface area contributed by atoms with E-state index in [2.05, 4.69) is 19.2 Å². The lowest BCUT2D eigenvalue weighted by atomic mass is 9.99. The van der Waals surface area contributed by atoms with Gasteiger partial charge in [-0.25, -0.2) is 4.39 Å². The van der Waals surface area contributed by atoms with Crippen molar-refractivity contribution in [3.8, 4) is 5.75 Å². The largest absolute Gasteiger partial charge is 0.489 e. The number of rotatable bonds is 9. The summed E-state index contributed by atoms with van der Waals surface area (Å²) in [4.78, 5) is 6.93. The van der Waals surface area contributed by atoms with Crippen LogP contribution in [0.5, 0.6) is 5.75 Å². The van der Waals surface area contributed by atoms with Gasteiger partial charge in [-0.05, 0) is 37.7 Å². The van der Waals surface area contributed by atoms with Crippen LogP contribution >= 0.6 is 35.7 Å². The highest BCUT2D eigenvalue weighted by Crippen LogP contribution is 2.35. The molecule has 0 saturated carbocycles. The molecule has 0 radical (unpaired) electrons. The fourth-order valence-electron chi connectivity index (χ4n) is 3.05. The standard InChI is InChI=1S/C20H32FN3O2S.HI/c1-4-22-19(23-16-20(27-5-2)10-13-25-14-11-20)24(3)12-15-26-18-9-7-6-8-17(18)21;/h6-9H,4-5,10-16H2,1-3H3,(H,22,23);1H. The molecule has 5 nitrogen and oxygen atoms in total. The molecule has 1 saturated heterocycles. The minimum Gasteiger partial charge on any atom is -0.489 e. The quantitative estimate of drug-likeness (QED) is 0.300. The second kappa shape index (κ2) is 13.5. The monoisotopic (exact) mass is 525 g/mol. The van der Waals surface area contributed by atoms with Gasteiger partial charge in [0.25, 0.3) is 0 Å². The Kier molecular flexibility index (Phi) is 12.2. The van der Waals surface area contributed by atoms with Crippen LogP contribution in [-0.4, -0.2) is 67.9 Å². The molecular formula is C20H33FIN3O2S. The van der Waals surface area contributed by atoms with Gasteiger partial charge in [-0.2, -0.15) is 11.8 Å². The molecule has 0 spiro atoms. The van der Waals surface area contributed by atoms with Crippen molar-refractivity contribution in [1.82, 2.24) is 10.2 Å². The molecule has 0 aromatic heterocycles. The minimum atomic E-state index is -0.334. The molecule has 0 aliphatic carbocycles. The number of ether oxygens (including phenoxy) is 2. The number of nitrogens with zero attached hydrogens (tertiary/aromatic N) is 2. The Hall–Kier alpha value is -0.740. The molecule has 0 bridgehead atoms. The molecule has 1 heterocycles. The third-order valence-corrected chi connectivity index (χ3v) is 6.03. The fraction of sp³-hybridized carbons (Fsp3) is 0.650. The van der Waals surface area contributed by atoms with E-state index in [0.717, 1.165) is 50.9 Å². The first-order valence-corrected chi connectivity index (χ1v) is 10.7. The average Bonchev–Trinajstić information content (AvgIpc) is 2.67. The molecule has 0 amide bonds. The van der Waals surface area contributed by atoms with Gasteiger partial charge in [-0.1, -0.05) is 19.1 Å². The van der Waals surface area contributed by atoms with Crippen molar-refractivity contribution in [3.63, 3.8) is 0 Å². The summed E-state index contributed by atoms with van der Waals surface area (Å²) in [6, 6.07) is 6.48. The first-order valence-electron chi connectivity index (χ1n) is 9.68. The molecule has 1 N–H and O–H groups in total. The van der Waals surface area contributed by atoms with Crippen LogP contribution in [0.1, 0.15) is 26.7 Å². The second-order valence-electron chi connectivity index (χ2n) is 6.60. The zero-order chi connectivity index (χ0) is 19.5. The van der Waals surface area contributed by atoms with E-state index in [-0.39, 0.29) is 40.3 Å². The van der Waals surface area contributed by atoms with E-state index in [1.165, 1.54) is 6.07 Å². The van der Waals surface area contributed by atoms with Crippen LogP contribution in [0.15, 0.2) is 29.3 Å². The maximum Gasteiger partial charge on any atom is 0.193 e. The number of nitrogens with one attached hydrogen (secondary N) is 1. The predicted molar refractivity (Wildman–Crippen MR) is 127 cm³/mol. The molecule has 28 heavy (non-hydrogen) atoms. The van der Waals surface area contributed by atoms with Crippen LogP contribution in [0.25, 0.3) is 0 Å². The molecule has 2 rings (SSSR count). The van der Waals surface area contributed by atoms with Crippen molar-refractivity contribution in [2.75, 3.05) is 52.3 Å². The third-order valence-electron chi connectivity index (χ3n) is 4.59. The van der Waals surface area contributed by atoms with Crippen molar-refractivity contribution < 1.29 is 13.9 Å². The van der Waals surface area contributed by atoms with E-state index in [1.807, 2.05) is 23.7 Å². The summed E-state index contributed by atoms with van der Waals surface area (Å²) >= 11 is 1.99. The normalized spacial score (nSPS) is 16.2. The SMILES string of the molecule is CCNC(=NCC1(SCC)CCOCC1)N(C)CCOc1ccccc1F.I. The Morgan fingerprint density at radius 1 is 1.32 bits per heavy atom. The summed E-state index contributed by atoms with van der Waals surface area (Å²) in [5.41, 5.74) is 0. The highest BCUT2D eigenvalue weighted by molar-refractivity contribution is 14.0. The highest BCUT2D eigenvalue weighted by Gasteiger charge is 2.32. The molecule has 1 aliphatic heterocycles. The van der Waals surface area contributed by atoms with Gasteiger partial charge in [0.05, 0.1) is 13.1 Å². The van der Waals surface area contributed by atoms with Gasteiger partial charge in [0, 0.05) is 31.6 Å². The fourth-order valence-corrected chi connectivity index (χ4v) is 4.27. The van der Waals surface area contributed by atoms with Crippen molar-refractivity contribution >= 4 is 41.7 Å². The lowest BCUT2D eigenvalue weighted by Crippen LogP contribution is -2.43. The molecule has 0 unspecified atom stereocenters. The summed E-state index contributed by atoms with van der Waals surface area (Å²) in [6.45, 7) is 8.47. The van der Waals surface area contributed by atoms with Crippen LogP contribution < -0.4 is 10.1 Å². The number of hydrogen-bond acceptors (Lipinski definition) is 4. The Morgan fingerprint density at radius 2 is 2.04 bits per heavy atom. The molecular weight excluding hydrogens is 492 g/mol. The number of benzene rings is 1. The van der Waals surface area contributed by atoms with Crippen molar-refractivity contribution in [2.45, 2.75) is 31.4 Å². The summed E-state index contributed by atoms with van der Waals surface area (Å²) in [5.74, 6) is 1.89. The van der Waals surface area contributed by atoms with E-state index in [9.17, 15) is 4.39 Å². The van der Waals surface area contributed by atoms with Gasteiger partial charge in [-0.15, -0.1) is 24.0 Å². The molecule has 1 fully saturated rings. The summed E-state index contributed by atoms with van der Waals surface area (Å²) in [6.07, 6.45) is 2.07. The number of likely N-dealkylation sites (N-methyl/N-ethyl adjacent to an activating group) is 1. The maximum absolute atomic E-state index is 13.6. The number of aliphatic imine (C=N–C) groups is 1. The average molecular weight is 525 g/mol. The van der Waals surface area contributed by atoms with Crippen molar-refractivity contribution in [1.29, 1.82) is 0 Å². The smallest absolute Gasteiger partial charge is 0.193 e. The minimum absolute atomic E-state index is 0. The van der Waals surface area contributed by atoms with Crippen molar-refractivity contribution in [2.24, 2.45) is 4.99 Å². The Labute approximate surface area is 189 Å². The number of hydrogen-bond donors (Lipinski definition) is 1. The van der Waals surface area contributed by atoms with E-state index < -0.39 is 0 Å². The first kappa shape index (κ1) is 25.3. The molecule has 1 aliphatic rings. The third kappa shape index (κ3) is 7.94. The number of para-hydroxylation sites is 1. The van der Waals surface area contributed by atoms with E-state index in [1.54, 1.807) is 18.2 Å². The van der Waals surface area contributed by atoms with E-state index in [0.29, 0.717) is 13.2 Å². The second-order valence-corrected chi connectivity index (χ2v) is 8.33. The maximum atomic E-state index is 13.6. The predicted octanol–water partition coefficient (Wildman–Crippen LogP) is 4.02. The van der Waals surface area contributed by atoms with Crippen LogP contribution in [0.3, 0.4) is 0 Å². The van der Waals surface area contributed by atoms with Gasteiger partial charge < -0.3 is 19.7 Å². The van der Waals surface area contributed by atoms with Crippen LogP contribution in [0.2, 0.25) is 0 Å². The summed E-state index contributed by atoms with van der Waals surface area (Å²) in [7, 11) is 1.98.